The molecule has 0 radical (unpaired) electrons. The molecule has 2 heteroatoms. The van der Waals surface area contributed by atoms with Crippen LogP contribution >= 0.6 is 0 Å². The monoisotopic (exact) mass is 286 g/mol. The molecule has 1 aliphatic rings. The van der Waals surface area contributed by atoms with Crippen LogP contribution in [0, 0.1) is 24.7 Å². The van der Waals surface area contributed by atoms with Gasteiger partial charge in [-0.2, -0.15) is 0 Å². The second-order valence-electron chi connectivity index (χ2n) is 5.92. The minimum atomic E-state index is 0.119. The van der Waals surface area contributed by atoms with Gasteiger partial charge < -0.3 is 9.84 Å². The lowest BCUT2D eigenvalue weighted by atomic mass is 9.86. The largest absolute Gasteiger partial charge is 0.490 e. The lowest BCUT2D eigenvalue weighted by Crippen LogP contribution is -2.24. The SMILES string of the molecule is CCC1CCC(Oc2ccc(C#CCCO)cc2C)CC1. The smallest absolute Gasteiger partial charge is 0.122 e. The van der Waals surface area contributed by atoms with Gasteiger partial charge in [-0.05, 0) is 62.3 Å². The predicted molar refractivity (Wildman–Crippen MR) is 86.4 cm³/mol. The van der Waals surface area contributed by atoms with Crippen LogP contribution in [-0.2, 0) is 0 Å². The molecule has 1 saturated carbocycles. The molecule has 0 spiro atoms. The van der Waals surface area contributed by atoms with Crippen molar-refractivity contribution in [3.8, 4) is 17.6 Å². The van der Waals surface area contributed by atoms with Crippen LogP contribution in [0.2, 0.25) is 0 Å². The molecule has 1 aliphatic carbocycles. The first kappa shape index (κ1) is 15.9. The Kier molecular flexibility index (Phi) is 6.14. The second-order valence-corrected chi connectivity index (χ2v) is 5.92. The summed E-state index contributed by atoms with van der Waals surface area (Å²) < 4.78 is 6.17. The van der Waals surface area contributed by atoms with Crippen LogP contribution in [0.5, 0.6) is 5.75 Å². The number of hydrogen-bond acceptors (Lipinski definition) is 2. The van der Waals surface area contributed by atoms with Gasteiger partial charge in [0.2, 0.25) is 0 Å². The van der Waals surface area contributed by atoms with Gasteiger partial charge >= 0.3 is 0 Å². The van der Waals surface area contributed by atoms with E-state index in [2.05, 4.69) is 31.8 Å². The van der Waals surface area contributed by atoms with Crippen molar-refractivity contribution in [1.82, 2.24) is 0 Å². The van der Waals surface area contributed by atoms with Crippen molar-refractivity contribution < 1.29 is 9.84 Å². The zero-order valence-corrected chi connectivity index (χ0v) is 13.2. The van der Waals surface area contributed by atoms with Gasteiger partial charge in [-0.15, -0.1) is 0 Å². The van der Waals surface area contributed by atoms with E-state index in [9.17, 15) is 0 Å². The van der Waals surface area contributed by atoms with E-state index in [0.717, 1.165) is 22.8 Å². The van der Waals surface area contributed by atoms with Crippen molar-refractivity contribution in [2.75, 3.05) is 6.61 Å². The van der Waals surface area contributed by atoms with Crippen molar-refractivity contribution in [3.63, 3.8) is 0 Å². The maximum atomic E-state index is 8.74. The lowest BCUT2D eigenvalue weighted by molar-refractivity contribution is 0.129. The van der Waals surface area contributed by atoms with Crippen molar-refractivity contribution in [3.05, 3.63) is 29.3 Å². The molecule has 0 aromatic heterocycles. The minimum Gasteiger partial charge on any atom is -0.490 e. The fraction of sp³-hybridized carbons (Fsp3) is 0.579. The fourth-order valence-corrected chi connectivity index (χ4v) is 2.92. The van der Waals surface area contributed by atoms with Crippen molar-refractivity contribution in [2.45, 2.75) is 58.5 Å². The summed E-state index contributed by atoms with van der Waals surface area (Å²) in [4.78, 5) is 0. The summed E-state index contributed by atoms with van der Waals surface area (Å²) in [6.45, 7) is 4.48. The van der Waals surface area contributed by atoms with Crippen LogP contribution in [0.25, 0.3) is 0 Å². The first-order valence-electron chi connectivity index (χ1n) is 8.10. The number of aliphatic hydroxyl groups is 1. The van der Waals surface area contributed by atoms with Gasteiger partial charge in [0, 0.05) is 12.0 Å². The molecule has 0 aliphatic heterocycles. The number of hydrogen-bond donors (Lipinski definition) is 1. The highest BCUT2D eigenvalue weighted by Crippen LogP contribution is 2.30. The summed E-state index contributed by atoms with van der Waals surface area (Å²) in [5.41, 5.74) is 2.13. The number of ether oxygens (including phenoxy) is 1. The third kappa shape index (κ3) is 4.79. The molecule has 1 N–H and O–H groups in total. The Labute approximate surface area is 128 Å². The van der Waals surface area contributed by atoms with Crippen LogP contribution in [0.4, 0.5) is 0 Å². The molecule has 114 valence electrons. The van der Waals surface area contributed by atoms with Crippen molar-refractivity contribution in [1.29, 1.82) is 0 Å². The van der Waals surface area contributed by atoms with E-state index >= 15 is 0 Å². The Morgan fingerprint density at radius 3 is 2.62 bits per heavy atom. The summed E-state index contributed by atoms with van der Waals surface area (Å²) in [5.74, 6) is 7.90. The Balaban J connectivity index is 1.94. The van der Waals surface area contributed by atoms with Crippen LogP contribution in [0.3, 0.4) is 0 Å². The first-order chi connectivity index (χ1) is 10.2. The summed E-state index contributed by atoms with van der Waals surface area (Å²) in [5, 5.41) is 8.74. The molecular weight excluding hydrogens is 260 g/mol. The Morgan fingerprint density at radius 1 is 1.24 bits per heavy atom. The molecule has 1 fully saturated rings. The maximum absolute atomic E-state index is 8.74. The first-order valence-corrected chi connectivity index (χ1v) is 8.10. The standard InChI is InChI=1S/C19H26O2/c1-3-16-7-10-18(11-8-16)21-19-12-9-17(14-15(19)2)6-4-5-13-20/h9,12,14,16,18,20H,3,5,7-8,10-11,13H2,1-2H3. The van der Waals surface area contributed by atoms with Gasteiger partial charge in [-0.1, -0.05) is 25.2 Å². The van der Waals surface area contributed by atoms with E-state index in [0.29, 0.717) is 12.5 Å². The van der Waals surface area contributed by atoms with Crippen molar-refractivity contribution in [2.24, 2.45) is 5.92 Å². The van der Waals surface area contributed by atoms with Gasteiger partial charge in [0.25, 0.3) is 0 Å². The van der Waals surface area contributed by atoms with Gasteiger partial charge in [0.05, 0.1) is 12.7 Å². The predicted octanol–water partition coefficient (Wildman–Crippen LogP) is 4.08. The molecule has 0 bridgehead atoms. The molecule has 0 saturated heterocycles. The topological polar surface area (TPSA) is 29.5 Å². The molecule has 21 heavy (non-hydrogen) atoms. The van der Waals surface area contributed by atoms with Gasteiger partial charge in [-0.3, -0.25) is 0 Å². The molecule has 0 atom stereocenters. The van der Waals surface area contributed by atoms with E-state index in [1.807, 2.05) is 12.1 Å². The van der Waals surface area contributed by atoms with Gasteiger partial charge in [-0.25, -0.2) is 0 Å². The summed E-state index contributed by atoms with van der Waals surface area (Å²) in [7, 11) is 0. The molecule has 0 unspecified atom stereocenters. The number of benzene rings is 1. The van der Waals surface area contributed by atoms with Gasteiger partial charge in [0.15, 0.2) is 0 Å². The molecule has 2 nitrogen and oxygen atoms in total. The van der Waals surface area contributed by atoms with Crippen LogP contribution in [-0.4, -0.2) is 17.8 Å². The van der Waals surface area contributed by atoms with E-state index in [1.165, 1.54) is 32.1 Å². The molecule has 0 amide bonds. The molecule has 2 rings (SSSR count). The third-order valence-electron chi connectivity index (χ3n) is 4.31. The molecule has 0 heterocycles. The van der Waals surface area contributed by atoms with Gasteiger partial charge in [0.1, 0.15) is 5.75 Å². The highest BCUT2D eigenvalue weighted by Gasteiger charge is 2.21. The number of rotatable bonds is 4. The minimum absolute atomic E-state index is 0.119. The zero-order valence-electron chi connectivity index (χ0n) is 13.2. The van der Waals surface area contributed by atoms with E-state index in [4.69, 9.17) is 9.84 Å². The lowest BCUT2D eigenvalue weighted by Gasteiger charge is -2.28. The van der Waals surface area contributed by atoms with Crippen molar-refractivity contribution >= 4 is 0 Å². The summed E-state index contributed by atoms with van der Waals surface area (Å²) >= 11 is 0. The van der Waals surface area contributed by atoms with Crippen LogP contribution in [0.1, 0.15) is 56.6 Å². The van der Waals surface area contributed by atoms with Crippen LogP contribution < -0.4 is 4.74 Å². The van der Waals surface area contributed by atoms with E-state index in [-0.39, 0.29) is 6.61 Å². The summed E-state index contributed by atoms with van der Waals surface area (Å²) in [6.07, 6.45) is 7.14. The molecule has 1 aromatic carbocycles. The number of aryl methyl sites for hydroxylation is 1. The Bertz CT molecular complexity index is 502. The van der Waals surface area contributed by atoms with E-state index < -0.39 is 0 Å². The normalized spacial score (nSPS) is 21.5. The van der Waals surface area contributed by atoms with E-state index in [1.54, 1.807) is 0 Å². The average molecular weight is 286 g/mol. The average Bonchev–Trinajstić information content (AvgIpc) is 2.51. The highest BCUT2D eigenvalue weighted by atomic mass is 16.5. The third-order valence-corrected chi connectivity index (χ3v) is 4.31. The Morgan fingerprint density at radius 2 is 2.00 bits per heavy atom. The quantitative estimate of drug-likeness (QED) is 0.845. The zero-order chi connectivity index (χ0) is 15.1. The fourth-order valence-electron chi connectivity index (χ4n) is 2.92. The molecule has 1 aromatic rings. The molecular formula is C19H26O2. The number of aliphatic hydroxyl groups excluding tert-OH is 1. The highest BCUT2D eigenvalue weighted by molar-refractivity contribution is 5.43. The Hall–Kier alpha value is -1.46. The van der Waals surface area contributed by atoms with Crippen LogP contribution in [0.15, 0.2) is 18.2 Å². The summed E-state index contributed by atoms with van der Waals surface area (Å²) in [6, 6.07) is 6.10. The maximum Gasteiger partial charge on any atom is 0.122 e. The second kappa shape index (κ2) is 8.10.